The number of fused-ring (bicyclic) bond motifs is 1. The molecule has 25 heavy (non-hydrogen) atoms. The first-order valence-electron chi connectivity index (χ1n) is 8.26. The van der Waals surface area contributed by atoms with Crippen LogP contribution in [0.15, 0.2) is 0 Å². The topological polar surface area (TPSA) is 104 Å². The van der Waals surface area contributed by atoms with Crippen LogP contribution in [0, 0.1) is 6.92 Å². The van der Waals surface area contributed by atoms with Crippen molar-refractivity contribution in [2.75, 3.05) is 6.54 Å². The van der Waals surface area contributed by atoms with Crippen LogP contribution in [0.2, 0.25) is 0 Å². The lowest BCUT2D eigenvalue weighted by molar-refractivity contribution is -0.129. The van der Waals surface area contributed by atoms with Crippen molar-refractivity contribution in [3.05, 3.63) is 21.1 Å². The zero-order valence-corrected chi connectivity index (χ0v) is 15.6. The fourth-order valence-corrected chi connectivity index (χ4v) is 4.81. The largest absolute Gasteiger partial charge is 0.351 e. The number of aryl methyl sites for hydroxylation is 3. The van der Waals surface area contributed by atoms with Gasteiger partial charge in [-0.15, -0.1) is 22.7 Å². The Bertz CT molecular complexity index is 763. The Morgan fingerprint density at radius 2 is 1.96 bits per heavy atom. The predicted molar refractivity (Wildman–Crippen MR) is 96.1 cm³/mol. The molecule has 9 heteroatoms. The Hall–Kier alpha value is -1.84. The summed E-state index contributed by atoms with van der Waals surface area (Å²) in [6, 6.07) is 0. The molecule has 0 bridgehead atoms. The van der Waals surface area contributed by atoms with E-state index >= 15 is 0 Å². The van der Waals surface area contributed by atoms with Gasteiger partial charge < -0.3 is 5.32 Å². The second kappa shape index (κ2) is 8.03. The van der Waals surface area contributed by atoms with Crippen LogP contribution in [-0.2, 0) is 17.6 Å². The molecule has 134 valence electrons. The van der Waals surface area contributed by atoms with Gasteiger partial charge in [-0.3, -0.25) is 14.8 Å². The van der Waals surface area contributed by atoms with Gasteiger partial charge >= 0.3 is 0 Å². The number of aromatic nitrogens is 2. The molecule has 0 saturated carbocycles. The Morgan fingerprint density at radius 3 is 2.72 bits per heavy atom. The monoisotopic (exact) mass is 380 g/mol. The third-order valence-electron chi connectivity index (χ3n) is 4.03. The van der Waals surface area contributed by atoms with Gasteiger partial charge in [-0.05, 0) is 39.0 Å². The zero-order chi connectivity index (χ0) is 17.8. The number of thiazole rings is 2. The van der Waals surface area contributed by atoms with E-state index in [4.69, 9.17) is 5.21 Å². The van der Waals surface area contributed by atoms with E-state index in [1.807, 2.05) is 6.92 Å². The van der Waals surface area contributed by atoms with E-state index in [-0.39, 0.29) is 12.3 Å². The number of hydrogen-bond acceptors (Lipinski definition) is 7. The van der Waals surface area contributed by atoms with Crippen molar-refractivity contribution < 1.29 is 14.8 Å². The van der Waals surface area contributed by atoms with Gasteiger partial charge in [-0.1, -0.05) is 0 Å². The Morgan fingerprint density at radius 1 is 1.16 bits per heavy atom. The standard InChI is InChI=1S/C16H20N4O3S2/c1-9-13(14(22)17-8-3-2-7-12(21)20-23)19-16(24-9)15-18-10-5-4-6-11(10)25-15/h23H,2-8H2,1H3,(H,17,22)(H,20,21). The lowest BCUT2D eigenvalue weighted by Gasteiger charge is -2.03. The number of nitrogens with zero attached hydrogens (tertiary/aromatic N) is 2. The van der Waals surface area contributed by atoms with Gasteiger partial charge in [0.2, 0.25) is 5.91 Å². The van der Waals surface area contributed by atoms with Crippen LogP contribution in [-0.4, -0.2) is 33.5 Å². The number of hydrogen-bond donors (Lipinski definition) is 3. The van der Waals surface area contributed by atoms with Crippen molar-refractivity contribution in [1.82, 2.24) is 20.8 Å². The Kier molecular flexibility index (Phi) is 5.77. The van der Waals surface area contributed by atoms with Gasteiger partial charge in [-0.25, -0.2) is 15.4 Å². The van der Waals surface area contributed by atoms with E-state index in [9.17, 15) is 9.59 Å². The molecule has 1 aliphatic carbocycles. The minimum absolute atomic E-state index is 0.198. The van der Waals surface area contributed by atoms with E-state index < -0.39 is 5.91 Å². The molecule has 7 nitrogen and oxygen atoms in total. The number of unbranched alkanes of at least 4 members (excludes halogenated alkanes) is 1. The molecule has 0 unspecified atom stereocenters. The van der Waals surface area contributed by atoms with Gasteiger partial charge in [-0.2, -0.15) is 0 Å². The number of nitrogens with one attached hydrogen (secondary N) is 2. The summed E-state index contributed by atoms with van der Waals surface area (Å²) >= 11 is 3.18. The Labute approximate surface area is 153 Å². The first-order chi connectivity index (χ1) is 12.1. The Balaban J connectivity index is 1.56. The molecular formula is C16H20N4O3S2. The molecule has 0 atom stereocenters. The van der Waals surface area contributed by atoms with Crippen LogP contribution in [0.5, 0.6) is 0 Å². The highest BCUT2D eigenvalue weighted by Crippen LogP contribution is 2.36. The molecule has 0 fully saturated rings. The summed E-state index contributed by atoms with van der Waals surface area (Å²) in [5.41, 5.74) is 3.22. The molecule has 3 N–H and O–H groups in total. The van der Waals surface area contributed by atoms with E-state index in [1.54, 1.807) is 16.8 Å². The van der Waals surface area contributed by atoms with Gasteiger partial charge in [0.1, 0.15) is 5.69 Å². The number of carbonyl (C=O) groups is 2. The first-order valence-corrected chi connectivity index (χ1v) is 9.89. The molecule has 1 aliphatic rings. The van der Waals surface area contributed by atoms with Crippen molar-refractivity contribution in [3.8, 4) is 10.0 Å². The van der Waals surface area contributed by atoms with Crippen LogP contribution in [0.25, 0.3) is 10.0 Å². The van der Waals surface area contributed by atoms with E-state index in [2.05, 4.69) is 15.3 Å². The maximum Gasteiger partial charge on any atom is 0.271 e. The van der Waals surface area contributed by atoms with Crippen molar-refractivity contribution in [3.63, 3.8) is 0 Å². The molecule has 2 aromatic heterocycles. The molecular weight excluding hydrogens is 360 g/mol. The lowest BCUT2D eigenvalue weighted by atomic mass is 10.2. The minimum Gasteiger partial charge on any atom is -0.351 e. The second-order valence-electron chi connectivity index (χ2n) is 5.91. The molecule has 2 aromatic rings. The van der Waals surface area contributed by atoms with Gasteiger partial charge in [0, 0.05) is 22.7 Å². The number of amides is 2. The quantitative estimate of drug-likeness (QED) is 0.389. The van der Waals surface area contributed by atoms with E-state index in [1.165, 1.54) is 28.3 Å². The zero-order valence-electron chi connectivity index (χ0n) is 13.9. The molecule has 2 amide bonds. The predicted octanol–water partition coefficient (Wildman–Crippen LogP) is 2.47. The maximum absolute atomic E-state index is 12.3. The van der Waals surface area contributed by atoms with Crippen molar-refractivity contribution in [2.24, 2.45) is 0 Å². The molecule has 0 aromatic carbocycles. The summed E-state index contributed by atoms with van der Waals surface area (Å²) in [7, 11) is 0. The summed E-state index contributed by atoms with van der Waals surface area (Å²) in [5, 5.41) is 13.0. The third kappa shape index (κ3) is 4.23. The average molecular weight is 380 g/mol. The minimum atomic E-state index is -0.415. The first kappa shape index (κ1) is 18.0. The fourth-order valence-electron chi connectivity index (χ4n) is 2.73. The molecule has 0 aliphatic heterocycles. The lowest BCUT2D eigenvalue weighted by Crippen LogP contribution is -2.26. The van der Waals surface area contributed by atoms with E-state index in [0.29, 0.717) is 25.1 Å². The molecule has 3 rings (SSSR count). The average Bonchev–Trinajstić information content (AvgIpc) is 3.27. The fraction of sp³-hybridized carbons (Fsp3) is 0.500. The van der Waals surface area contributed by atoms with Crippen LogP contribution >= 0.6 is 22.7 Å². The SMILES string of the molecule is Cc1sc(-c2nc3c(s2)CCC3)nc1C(=O)NCCCCC(=O)NO. The van der Waals surface area contributed by atoms with Crippen molar-refractivity contribution >= 4 is 34.5 Å². The van der Waals surface area contributed by atoms with Crippen LogP contribution in [0.3, 0.4) is 0 Å². The third-order valence-corrected chi connectivity index (χ3v) is 6.30. The summed E-state index contributed by atoms with van der Waals surface area (Å²) in [6.07, 6.45) is 4.81. The van der Waals surface area contributed by atoms with Crippen molar-refractivity contribution in [2.45, 2.75) is 45.4 Å². The summed E-state index contributed by atoms with van der Waals surface area (Å²) in [4.78, 5) is 34.6. The van der Waals surface area contributed by atoms with Crippen LogP contribution in [0.1, 0.15) is 51.6 Å². The van der Waals surface area contributed by atoms with Crippen LogP contribution < -0.4 is 10.8 Å². The molecule has 0 saturated heterocycles. The second-order valence-corrected chi connectivity index (χ2v) is 8.20. The maximum atomic E-state index is 12.3. The highest BCUT2D eigenvalue weighted by Gasteiger charge is 2.21. The van der Waals surface area contributed by atoms with Gasteiger partial charge in [0.25, 0.3) is 5.91 Å². The highest BCUT2D eigenvalue weighted by atomic mass is 32.1. The summed E-state index contributed by atoms with van der Waals surface area (Å²) < 4.78 is 0. The van der Waals surface area contributed by atoms with Gasteiger partial charge in [0.15, 0.2) is 10.0 Å². The summed E-state index contributed by atoms with van der Waals surface area (Å²) in [6.45, 7) is 2.36. The van der Waals surface area contributed by atoms with Gasteiger partial charge in [0.05, 0.1) is 5.69 Å². The molecule has 2 heterocycles. The van der Waals surface area contributed by atoms with Crippen molar-refractivity contribution in [1.29, 1.82) is 0 Å². The van der Waals surface area contributed by atoms with E-state index in [0.717, 1.165) is 27.7 Å². The van der Waals surface area contributed by atoms with Crippen LogP contribution in [0.4, 0.5) is 0 Å². The summed E-state index contributed by atoms with van der Waals surface area (Å²) in [5.74, 6) is -0.614. The highest BCUT2D eigenvalue weighted by molar-refractivity contribution is 7.21. The normalized spacial score (nSPS) is 12.9. The molecule has 0 spiro atoms. The number of rotatable bonds is 7. The smallest absolute Gasteiger partial charge is 0.271 e. The molecule has 0 radical (unpaired) electrons. The number of carbonyl (C=O) groups excluding carboxylic acids is 2. The number of hydroxylamine groups is 1.